The maximum atomic E-state index is 12.1. The second-order valence-electron chi connectivity index (χ2n) is 5.32. The van der Waals surface area contributed by atoms with E-state index in [2.05, 4.69) is 0 Å². The Morgan fingerprint density at radius 2 is 1.96 bits per heavy atom. The molecule has 3 rings (SSSR count). The Morgan fingerprint density at radius 3 is 2.67 bits per heavy atom. The SMILES string of the molecule is CN(Cc1ccc(-c2ccc(Cl)cc2)o1)C(=O)/C=C/c1ccco1. The molecule has 0 N–H and O–H groups in total. The maximum absolute atomic E-state index is 12.1. The average Bonchev–Trinajstić information content (AvgIpc) is 3.25. The molecule has 0 bridgehead atoms. The molecule has 1 amide bonds. The van der Waals surface area contributed by atoms with Gasteiger partial charge in [-0.2, -0.15) is 0 Å². The number of furan rings is 2. The number of carbonyl (C=O) groups excluding carboxylic acids is 1. The molecule has 0 aliphatic carbocycles. The quantitative estimate of drug-likeness (QED) is 0.622. The van der Waals surface area contributed by atoms with Gasteiger partial charge >= 0.3 is 0 Å². The topological polar surface area (TPSA) is 46.6 Å². The van der Waals surface area contributed by atoms with Crippen LogP contribution in [0.3, 0.4) is 0 Å². The number of halogens is 1. The largest absolute Gasteiger partial charge is 0.465 e. The van der Waals surface area contributed by atoms with Gasteiger partial charge in [-0.15, -0.1) is 0 Å². The molecule has 3 aromatic rings. The van der Waals surface area contributed by atoms with Crippen LogP contribution < -0.4 is 0 Å². The zero-order chi connectivity index (χ0) is 16.9. The summed E-state index contributed by atoms with van der Waals surface area (Å²) in [6.45, 7) is 0.384. The molecule has 0 unspecified atom stereocenters. The third-order valence-electron chi connectivity index (χ3n) is 3.49. The highest BCUT2D eigenvalue weighted by molar-refractivity contribution is 6.30. The highest BCUT2D eigenvalue weighted by Crippen LogP contribution is 2.24. The molecular weight excluding hydrogens is 326 g/mol. The minimum Gasteiger partial charge on any atom is -0.465 e. The molecule has 0 aliphatic heterocycles. The minimum atomic E-state index is -0.129. The van der Waals surface area contributed by atoms with Crippen molar-refractivity contribution in [3.05, 3.63) is 77.4 Å². The molecule has 0 spiro atoms. The molecule has 4 nitrogen and oxygen atoms in total. The van der Waals surface area contributed by atoms with E-state index in [1.165, 1.54) is 6.08 Å². The fraction of sp³-hybridized carbons (Fsp3) is 0.105. The van der Waals surface area contributed by atoms with Crippen molar-refractivity contribution < 1.29 is 13.6 Å². The van der Waals surface area contributed by atoms with Crippen LogP contribution in [0.5, 0.6) is 0 Å². The standard InChI is InChI=1S/C19H16ClNO3/c1-21(19(22)11-9-16-3-2-12-23-16)13-17-8-10-18(24-17)14-4-6-15(20)7-5-14/h2-12H,13H2,1H3/b11-9+. The number of hydrogen-bond acceptors (Lipinski definition) is 3. The molecule has 2 aromatic heterocycles. The normalized spacial score (nSPS) is 11.1. The molecule has 0 radical (unpaired) electrons. The van der Waals surface area contributed by atoms with Gasteiger partial charge in [0.05, 0.1) is 12.8 Å². The summed E-state index contributed by atoms with van der Waals surface area (Å²) in [4.78, 5) is 13.7. The smallest absolute Gasteiger partial charge is 0.246 e. The van der Waals surface area contributed by atoms with Crippen molar-refractivity contribution in [1.82, 2.24) is 4.90 Å². The second kappa shape index (κ2) is 7.23. The van der Waals surface area contributed by atoms with E-state index in [0.29, 0.717) is 23.1 Å². The van der Waals surface area contributed by atoms with Crippen molar-refractivity contribution in [2.45, 2.75) is 6.54 Å². The summed E-state index contributed by atoms with van der Waals surface area (Å²) in [7, 11) is 1.72. The predicted octanol–water partition coefficient (Wildman–Crippen LogP) is 4.86. The van der Waals surface area contributed by atoms with Crippen molar-refractivity contribution in [3.8, 4) is 11.3 Å². The van der Waals surface area contributed by atoms with E-state index in [1.54, 1.807) is 36.4 Å². The molecule has 0 saturated heterocycles. The number of nitrogens with zero attached hydrogens (tertiary/aromatic N) is 1. The zero-order valence-corrected chi connectivity index (χ0v) is 13.9. The summed E-state index contributed by atoms with van der Waals surface area (Å²) in [5, 5.41) is 0.680. The van der Waals surface area contributed by atoms with Crippen LogP contribution in [-0.2, 0) is 11.3 Å². The lowest BCUT2D eigenvalue weighted by Crippen LogP contribution is -2.23. The van der Waals surface area contributed by atoms with Gasteiger partial charge in [0.15, 0.2) is 0 Å². The van der Waals surface area contributed by atoms with Gasteiger partial charge in [-0.3, -0.25) is 4.79 Å². The Balaban J connectivity index is 1.63. The fourth-order valence-corrected chi connectivity index (χ4v) is 2.34. The van der Waals surface area contributed by atoms with Crippen LogP contribution in [0.25, 0.3) is 17.4 Å². The van der Waals surface area contributed by atoms with Gasteiger partial charge in [-0.05, 0) is 54.6 Å². The lowest BCUT2D eigenvalue weighted by Gasteiger charge is -2.12. The van der Waals surface area contributed by atoms with Crippen molar-refractivity contribution >= 4 is 23.6 Å². The van der Waals surface area contributed by atoms with Crippen LogP contribution in [0.15, 0.2) is 69.7 Å². The Kier molecular flexibility index (Phi) is 4.87. The fourth-order valence-electron chi connectivity index (χ4n) is 2.21. The first kappa shape index (κ1) is 16.1. The minimum absolute atomic E-state index is 0.129. The molecule has 0 atom stereocenters. The van der Waals surface area contributed by atoms with Gasteiger partial charge in [-0.25, -0.2) is 0 Å². The summed E-state index contributed by atoms with van der Waals surface area (Å²) < 4.78 is 11.0. The van der Waals surface area contributed by atoms with E-state index in [4.69, 9.17) is 20.4 Å². The molecule has 0 aliphatic rings. The molecular formula is C19H16ClNO3. The lowest BCUT2D eigenvalue weighted by atomic mass is 10.2. The predicted molar refractivity (Wildman–Crippen MR) is 93.4 cm³/mol. The van der Waals surface area contributed by atoms with Crippen molar-refractivity contribution in [2.75, 3.05) is 7.05 Å². The molecule has 2 heterocycles. The van der Waals surface area contributed by atoms with Crippen LogP contribution >= 0.6 is 11.6 Å². The Hall–Kier alpha value is -2.72. The van der Waals surface area contributed by atoms with Crippen LogP contribution in [0.1, 0.15) is 11.5 Å². The number of amides is 1. The van der Waals surface area contributed by atoms with Crippen LogP contribution in [0, 0.1) is 0 Å². The van der Waals surface area contributed by atoms with Crippen LogP contribution in [0.2, 0.25) is 5.02 Å². The molecule has 24 heavy (non-hydrogen) atoms. The summed E-state index contributed by atoms with van der Waals surface area (Å²) in [5.74, 6) is 1.96. The Morgan fingerprint density at radius 1 is 1.17 bits per heavy atom. The zero-order valence-electron chi connectivity index (χ0n) is 13.1. The van der Waals surface area contributed by atoms with E-state index >= 15 is 0 Å². The molecule has 0 fully saturated rings. The number of rotatable bonds is 5. The van der Waals surface area contributed by atoms with Gasteiger partial charge < -0.3 is 13.7 Å². The number of hydrogen-bond donors (Lipinski definition) is 0. The van der Waals surface area contributed by atoms with Crippen LogP contribution in [-0.4, -0.2) is 17.9 Å². The summed E-state index contributed by atoms with van der Waals surface area (Å²) in [6.07, 6.45) is 4.68. The number of benzene rings is 1. The number of likely N-dealkylation sites (N-methyl/N-ethyl adjacent to an activating group) is 1. The monoisotopic (exact) mass is 341 g/mol. The highest BCUT2D eigenvalue weighted by atomic mass is 35.5. The van der Waals surface area contributed by atoms with Gasteiger partial charge in [0.1, 0.15) is 17.3 Å². The Labute approximate surface area is 144 Å². The first-order valence-electron chi connectivity index (χ1n) is 7.43. The number of carbonyl (C=O) groups is 1. The summed E-state index contributed by atoms with van der Waals surface area (Å²) >= 11 is 5.89. The first-order chi connectivity index (χ1) is 11.6. The van der Waals surface area contributed by atoms with E-state index in [9.17, 15) is 4.79 Å². The van der Waals surface area contributed by atoms with Crippen molar-refractivity contribution in [2.24, 2.45) is 0 Å². The van der Waals surface area contributed by atoms with E-state index < -0.39 is 0 Å². The van der Waals surface area contributed by atoms with E-state index in [0.717, 1.165) is 11.3 Å². The van der Waals surface area contributed by atoms with Gasteiger partial charge in [0, 0.05) is 23.7 Å². The Bertz CT molecular complexity index is 832. The van der Waals surface area contributed by atoms with E-state index in [1.807, 2.05) is 36.4 Å². The first-order valence-corrected chi connectivity index (χ1v) is 7.81. The third-order valence-corrected chi connectivity index (χ3v) is 3.74. The summed E-state index contributed by atoms with van der Waals surface area (Å²) in [5.41, 5.74) is 0.942. The average molecular weight is 342 g/mol. The van der Waals surface area contributed by atoms with Crippen molar-refractivity contribution in [1.29, 1.82) is 0 Å². The molecule has 0 saturated carbocycles. The van der Waals surface area contributed by atoms with E-state index in [-0.39, 0.29) is 5.91 Å². The third kappa shape index (κ3) is 3.97. The molecule has 5 heteroatoms. The molecule has 122 valence electrons. The van der Waals surface area contributed by atoms with Crippen molar-refractivity contribution in [3.63, 3.8) is 0 Å². The van der Waals surface area contributed by atoms with Crippen LogP contribution in [0.4, 0.5) is 0 Å². The summed E-state index contributed by atoms with van der Waals surface area (Å²) in [6, 6.07) is 14.7. The maximum Gasteiger partial charge on any atom is 0.246 e. The van der Waals surface area contributed by atoms with Gasteiger partial charge in [0.2, 0.25) is 5.91 Å². The van der Waals surface area contributed by atoms with Gasteiger partial charge in [0.25, 0.3) is 0 Å². The van der Waals surface area contributed by atoms with Gasteiger partial charge in [-0.1, -0.05) is 11.6 Å². The lowest BCUT2D eigenvalue weighted by molar-refractivity contribution is -0.125. The highest BCUT2D eigenvalue weighted by Gasteiger charge is 2.10. The second-order valence-corrected chi connectivity index (χ2v) is 5.75. The molecule has 1 aromatic carbocycles.